The molecule has 0 aliphatic heterocycles. The van der Waals surface area contributed by atoms with Crippen molar-refractivity contribution in [3.63, 3.8) is 0 Å². The van der Waals surface area contributed by atoms with Crippen molar-refractivity contribution in [3.05, 3.63) is 0 Å². The lowest BCUT2D eigenvalue weighted by atomic mass is 9.84. The van der Waals surface area contributed by atoms with E-state index in [-0.39, 0.29) is 25.7 Å². The summed E-state index contributed by atoms with van der Waals surface area (Å²) in [5.41, 5.74) is 5.77. The van der Waals surface area contributed by atoms with E-state index in [1.165, 1.54) is 0 Å². The summed E-state index contributed by atoms with van der Waals surface area (Å²) >= 11 is 0. The second-order valence-electron chi connectivity index (χ2n) is 4.66. The smallest absolute Gasteiger partial charge is 0.165 e. The Bertz CT molecular complexity index is 212. The molecule has 5 heteroatoms. The van der Waals surface area contributed by atoms with Gasteiger partial charge in [-0.05, 0) is 38.9 Å². The van der Waals surface area contributed by atoms with E-state index < -0.39 is 0 Å². The Labute approximate surface area is 114 Å². The van der Waals surface area contributed by atoms with E-state index in [1.54, 1.807) is 0 Å². The van der Waals surface area contributed by atoms with Crippen LogP contribution in [0.2, 0.25) is 0 Å². The molecule has 4 N–H and O–H groups in total. The van der Waals surface area contributed by atoms with E-state index in [0.29, 0.717) is 6.54 Å². The van der Waals surface area contributed by atoms with Crippen LogP contribution in [0.3, 0.4) is 0 Å². The molecule has 0 saturated carbocycles. The molecule has 0 aliphatic carbocycles. The zero-order valence-electron chi connectivity index (χ0n) is 12.3. The van der Waals surface area contributed by atoms with Crippen LogP contribution in [0.1, 0.15) is 47.0 Å². The van der Waals surface area contributed by atoms with E-state index in [9.17, 15) is 4.57 Å². The van der Waals surface area contributed by atoms with Crippen molar-refractivity contribution in [2.75, 3.05) is 19.6 Å². The van der Waals surface area contributed by atoms with Gasteiger partial charge in [0.15, 0.2) is 8.46 Å². The molecule has 0 rings (SSSR count). The molecular formula is C13H30N3OP. The molecule has 0 saturated heterocycles. The lowest BCUT2D eigenvalue weighted by Gasteiger charge is -2.41. The van der Waals surface area contributed by atoms with Gasteiger partial charge >= 0.3 is 0 Å². The fraction of sp³-hybridized carbons (Fsp3) is 1.00. The summed E-state index contributed by atoms with van der Waals surface area (Å²) in [5.74, 6) is 0. The zero-order chi connectivity index (χ0) is 14.0. The summed E-state index contributed by atoms with van der Waals surface area (Å²) in [7, 11) is 0.199. The van der Waals surface area contributed by atoms with Gasteiger partial charge in [0, 0.05) is 12.1 Å². The number of nitrogens with two attached hydrogens (primary N) is 1. The topological polar surface area (TPSA) is 67.1 Å². The molecule has 0 aromatic rings. The van der Waals surface area contributed by atoms with Crippen molar-refractivity contribution in [1.29, 1.82) is 0 Å². The predicted octanol–water partition coefficient (Wildman–Crippen LogP) is 2.14. The molecule has 0 amide bonds. The molecule has 0 aromatic heterocycles. The van der Waals surface area contributed by atoms with Crippen LogP contribution in [-0.4, -0.2) is 36.9 Å². The fourth-order valence-electron chi connectivity index (χ4n) is 2.84. The van der Waals surface area contributed by atoms with Crippen molar-refractivity contribution >= 4 is 8.46 Å². The predicted molar refractivity (Wildman–Crippen MR) is 79.5 cm³/mol. The lowest BCUT2D eigenvalue weighted by molar-refractivity contribution is 0.276. The van der Waals surface area contributed by atoms with Crippen LogP contribution in [0.15, 0.2) is 0 Å². The Balaban J connectivity index is 5.25. The molecule has 0 fully saturated rings. The summed E-state index contributed by atoms with van der Waals surface area (Å²) in [6.07, 6.45) is 2.70. The van der Waals surface area contributed by atoms with E-state index >= 15 is 0 Å². The van der Waals surface area contributed by atoms with E-state index in [4.69, 9.17) is 5.73 Å². The molecule has 0 spiro atoms. The first kappa shape index (κ1) is 18.0. The molecule has 2 unspecified atom stereocenters. The van der Waals surface area contributed by atoms with Crippen molar-refractivity contribution in [1.82, 2.24) is 10.6 Å². The first-order valence-corrected chi connectivity index (χ1v) is 7.99. The normalized spacial score (nSPS) is 18.5. The van der Waals surface area contributed by atoms with Gasteiger partial charge in [-0.25, -0.2) is 0 Å². The van der Waals surface area contributed by atoms with Gasteiger partial charge in [0.2, 0.25) is 0 Å². The number of hydrogen-bond donors (Lipinski definition) is 3. The Morgan fingerprint density at radius 3 is 1.72 bits per heavy atom. The third-order valence-electron chi connectivity index (χ3n) is 3.64. The van der Waals surface area contributed by atoms with Crippen LogP contribution in [0.25, 0.3) is 0 Å². The van der Waals surface area contributed by atoms with E-state index in [2.05, 4.69) is 38.3 Å². The summed E-state index contributed by atoms with van der Waals surface area (Å²) in [6, 6.07) is 0.462. The quantitative estimate of drug-likeness (QED) is 0.505. The van der Waals surface area contributed by atoms with Crippen LogP contribution in [0.5, 0.6) is 0 Å². The zero-order valence-corrected chi connectivity index (χ0v) is 13.2. The maximum atomic E-state index is 11.9. The minimum Gasteiger partial charge on any atom is -0.330 e. The molecule has 0 aromatic carbocycles. The molecule has 108 valence electrons. The Morgan fingerprint density at radius 2 is 1.50 bits per heavy atom. The molecule has 2 atom stereocenters. The summed E-state index contributed by atoms with van der Waals surface area (Å²) < 4.78 is 11.9. The first-order chi connectivity index (χ1) is 8.66. The van der Waals surface area contributed by atoms with Gasteiger partial charge in [-0.15, -0.1) is 0 Å². The summed E-state index contributed by atoms with van der Waals surface area (Å²) in [5, 5.41) is 6.66. The molecular weight excluding hydrogens is 245 g/mol. The van der Waals surface area contributed by atoms with Crippen LogP contribution in [-0.2, 0) is 4.57 Å². The highest BCUT2D eigenvalue weighted by Gasteiger charge is 2.44. The summed E-state index contributed by atoms with van der Waals surface area (Å²) in [4.78, 5) is 0. The van der Waals surface area contributed by atoms with Crippen molar-refractivity contribution < 1.29 is 4.57 Å². The Morgan fingerprint density at radius 1 is 1.06 bits per heavy atom. The fourth-order valence-corrected chi connectivity index (χ4v) is 3.86. The van der Waals surface area contributed by atoms with Gasteiger partial charge in [0.05, 0.1) is 5.16 Å². The number of hydrogen-bond acceptors (Lipinski definition) is 4. The first-order valence-electron chi connectivity index (χ1n) is 7.17. The van der Waals surface area contributed by atoms with Gasteiger partial charge in [-0.1, -0.05) is 27.7 Å². The van der Waals surface area contributed by atoms with Crippen LogP contribution in [0, 0.1) is 0 Å². The van der Waals surface area contributed by atoms with Gasteiger partial charge in [0.25, 0.3) is 0 Å². The third kappa shape index (κ3) is 4.27. The number of nitrogens with one attached hydrogen (secondary N) is 2. The maximum absolute atomic E-state index is 11.9. The highest BCUT2D eigenvalue weighted by Crippen LogP contribution is 2.37. The van der Waals surface area contributed by atoms with Crippen LogP contribution < -0.4 is 16.4 Å². The maximum Gasteiger partial charge on any atom is 0.165 e. The largest absolute Gasteiger partial charge is 0.330 e. The van der Waals surface area contributed by atoms with Crippen molar-refractivity contribution in [3.8, 4) is 0 Å². The second-order valence-corrected chi connectivity index (χ2v) is 5.67. The lowest BCUT2D eigenvalue weighted by Crippen LogP contribution is -2.59. The second kappa shape index (κ2) is 9.85. The standard InChI is InChI=1S/C13H30N3OP/c1-5-11(15-7-3)13(18-17,9-10-14)12(6-2)16-8-4/h11-12,15-16H,5-10,14H2,1-4H3. The average Bonchev–Trinajstić information content (AvgIpc) is 2.40. The van der Waals surface area contributed by atoms with Gasteiger partial charge < -0.3 is 16.4 Å². The van der Waals surface area contributed by atoms with E-state index in [1.807, 2.05) is 0 Å². The molecule has 0 bridgehead atoms. The highest BCUT2D eigenvalue weighted by atomic mass is 31.1. The van der Waals surface area contributed by atoms with Gasteiger partial charge in [-0.2, -0.15) is 0 Å². The van der Waals surface area contributed by atoms with Crippen LogP contribution in [0.4, 0.5) is 0 Å². The average molecular weight is 275 g/mol. The molecule has 4 nitrogen and oxygen atoms in total. The molecule has 0 radical (unpaired) electrons. The Kier molecular flexibility index (Phi) is 9.84. The molecule has 0 heterocycles. The molecule has 18 heavy (non-hydrogen) atoms. The van der Waals surface area contributed by atoms with Crippen molar-refractivity contribution in [2.24, 2.45) is 5.73 Å². The monoisotopic (exact) mass is 275 g/mol. The SMILES string of the molecule is CCNC(CC)C(CCN)(P=O)C(CC)NCC. The van der Waals surface area contributed by atoms with Crippen LogP contribution >= 0.6 is 8.46 Å². The minimum absolute atomic E-state index is 0.199. The minimum atomic E-state index is -0.301. The molecule has 0 aliphatic rings. The van der Waals surface area contributed by atoms with Gasteiger partial charge in [-0.3, -0.25) is 4.57 Å². The Hall–Kier alpha value is -0.0200. The van der Waals surface area contributed by atoms with E-state index in [0.717, 1.165) is 32.4 Å². The van der Waals surface area contributed by atoms with Crippen molar-refractivity contribution in [2.45, 2.75) is 64.2 Å². The summed E-state index contributed by atoms with van der Waals surface area (Å²) in [6.45, 7) is 10.8. The number of rotatable bonds is 11. The van der Waals surface area contributed by atoms with Gasteiger partial charge in [0.1, 0.15) is 0 Å². The highest BCUT2D eigenvalue weighted by molar-refractivity contribution is 7.26. The third-order valence-corrected chi connectivity index (χ3v) is 4.83.